The van der Waals surface area contributed by atoms with E-state index >= 15 is 0 Å². The molecule has 1 aliphatic rings. The van der Waals surface area contributed by atoms with Crippen LogP contribution in [0.25, 0.3) is 0 Å². The third-order valence-electron chi connectivity index (χ3n) is 4.64. The molecule has 1 saturated heterocycles. The number of hydrogen-bond donors (Lipinski definition) is 2. The summed E-state index contributed by atoms with van der Waals surface area (Å²) in [5.74, 6) is -0.241. The van der Waals surface area contributed by atoms with Gasteiger partial charge in [-0.05, 0) is 24.3 Å². The highest BCUT2D eigenvalue weighted by Crippen LogP contribution is 2.38. The van der Waals surface area contributed by atoms with Crippen LogP contribution in [0.4, 0.5) is 16.6 Å². The van der Waals surface area contributed by atoms with Crippen molar-refractivity contribution >= 4 is 68.6 Å². The number of nitrogen functional groups attached to an aromatic ring is 1. The SMILES string of the molecule is Nc1nc(N(c2ccccc2)N2CCNCC2)sc1C(=O)c1c(Cl)cc(Cl)cc1Cl. The van der Waals surface area contributed by atoms with Gasteiger partial charge in [0.1, 0.15) is 10.7 Å². The number of thiazole rings is 1. The van der Waals surface area contributed by atoms with Crippen LogP contribution in [-0.4, -0.2) is 42.0 Å². The number of nitrogens with zero attached hydrogens (tertiary/aromatic N) is 3. The molecule has 0 bridgehead atoms. The van der Waals surface area contributed by atoms with Crippen molar-refractivity contribution in [3.8, 4) is 0 Å². The second-order valence-corrected chi connectivity index (χ2v) is 8.86. The summed E-state index contributed by atoms with van der Waals surface area (Å²) < 4.78 is 0. The van der Waals surface area contributed by atoms with E-state index in [1.54, 1.807) is 0 Å². The minimum Gasteiger partial charge on any atom is -0.382 e. The summed E-state index contributed by atoms with van der Waals surface area (Å²) in [5, 5.41) is 8.83. The van der Waals surface area contributed by atoms with Crippen LogP contribution in [-0.2, 0) is 0 Å². The molecular weight excluding hydrogens is 465 g/mol. The Bertz CT molecular complexity index is 1050. The maximum atomic E-state index is 13.2. The zero-order valence-electron chi connectivity index (χ0n) is 15.7. The predicted molar refractivity (Wildman–Crippen MR) is 124 cm³/mol. The summed E-state index contributed by atoms with van der Waals surface area (Å²) in [6.45, 7) is 3.30. The number of hydrazine groups is 1. The highest BCUT2D eigenvalue weighted by molar-refractivity contribution is 7.18. The van der Waals surface area contributed by atoms with E-state index in [2.05, 4.69) is 15.3 Å². The number of aromatic nitrogens is 1. The van der Waals surface area contributed by atoms with Crippen molar-refractivity contribution in [2.24, 2.45) is 0 Å². The fourth-order valence-electron chi connectivity index (χ4n) is 3.26. The molecule has 10 heteroatoms. The van der Waals surface area contributed by atoms with E-state index in [0.29, 0.717) is 10.2 Å². The smallest absolute Gasteiger partial charge is 0.209 e. The summed E-state index contributed by atoms with van der Waals surface area (Å²) in [6, 6.07) is 12.8. The lowest BCUT2D eigenvalue weighted by Gasteiger charge is -2.37. The molecule has 2 heterocycles. The predicted octanol–water partition coefficient (Wildman–Crippen LogP) is 4.87. The van der Waals surface area contributed by atoms with E-state index in [1.807, 2.05) is 35.3 Å². The van der Waals surface area contributed by atoms with E-state index in [-0.39, 0.29) is 32.1 Å². The largest absolute Gasteiger partial charge is 0.382 e. The van der Waals surface area contributed by atoms with Crippen molar-refractivity contribution in [1.29, 1.82) is 0 Å². The third kappa shape index (κ3) is 4.27. The van der Waals surface area contributed by atoms with Gasteiger partial charge in [0.2, 0.25) is 10.9 Å². The fourth-order valence-corrected chi connectivity index (χ4v) is 5.23. The lowest BCUT2D eigenvalue weighted by molar-refractivity contribution is 0.104. The van der Waals surface area contributed by atoms with Crippen LogP contribution in [0.15, 0.2) is 42.5 Å². The molecular formula is C20H18Cl3N5OS. The van der Waals surface area contributed by atoms with Gasteiger partial charge in [-0.2, -0.15) is 0 Å². The van der Waals surface area contributed by atoms with Gasteiger partial charge in [-0.3, -0.25) is 4.79 Å². The molecule has 0 aliphatic carbocycles. The first-order chi connectivity index (χ1) is 14.5. The molecule has 0 spiro atoms. The zero-order valence-corrected chi connectivity index (χ0v) is 18.8. The first-order valence-electron chi connectivity index (χ1n) is 9.22. The first-order valence-corrected chi connectivity index (χ1v) is 11.2. The summed E-state index contributed by atoms with van der Waals surface area (Å²) in [7, 11) is 0. The molecule has 1 aromatic heterocycles. The Morgan fingerprint density at radius 2 is 1.73 bits per heavy atom. The van der Waals surface area contributed by atoms with E-state index in [4.69, 9.17) is 40.5 Å². The van der Waals surface area contributed by atoms with Crippen LogP contribution in [0.3, 0.4) is 0 Å². The van der Waals surface area contributed by atoms with Crippen molar-refractivity contribution in [3.63, 3.8) is 0 Å². The Morgan fingerprint density at radius 1 is 1.10 bits per heavy atom. The van der Waals surface area contributed by atoms with Crippen LogP contribution >= 0.6 is 46.1 Å². The van der Waals surface area contributed by atoms with Gasteiger partial charge in [-0.25, -0.2) is 15.0 Å². The number of piperazine rings is 1. The third-order valence-corrected chi connectivity index (χ3v) is 6.50. The van der Waals surface area contributed by atoms with E-state index in [9.17, 15) is 4.79 Å². The number of nitrogens with two attached hydrogens (primary N) is 1. The quantitative estimate of drug-likeness (QED) is 0.505. The zero-order chi connectivity index (χ0) is 21.3. The Hall–Kier alpha value is -1.87. The van der Waals surface area contributed by atoms with Crippen LogP contribution in [0, 0.1) is 0 Å². The molecule has 0 atom stereocenters. The number of ketones is 1. The Kier molecular flexibility index (Phi) is 6.48. The fraction of sp³-hybridized carbons (Fsp3) is 0.200. The maximum absolute atomic E-state index is 13.2. The number of carbonyl (C=O) groups excluding carboxylic acids is 1. The highest BCUT2D eigenvalue weighted by Gasteiger charge is 2.28. The lowest BCUT2D eigenvalue weighted by atomic mass is 10.1. The molecule has 6 nitrogen and oxygen atoms in total. The molecule has 0 unspecified atom stereocenters. The summed E-state index contributed by atoms with van der Waals surface area (Å²) in [4.78, 5) is 18.0. The minimum absolute atomic E-state index is 0.137. The summed E-state index contributed by atoms with van der Waals surface area (Å²) >= 11 is 19.7. The number of anilines is 3. The van der Waals surface area contributed by atoms with Crippen molar-refractivity contribution in [2.75, 3.05) is 36.9 Å². The van der Waals surface area contributed by atoms with Crippen molar-refractivity contribution < 1.29 is 4.79 Å². The number of nitrogens with one attached hydrogen (secondary N) is 1. The molecule has 3 N–H and O–H groups in total. The average molecular weight is 483 g/mol. The highest BCUT2D eigenvalue weighted by atomic mass is 35.5. The van der Waals surface area contributed by atoms with Crippen molar-refractivity contribution in [2.45, 2.75) is 0 Å². The van der Waals surface area contributed by atoms with E-state index < -0.39 is 0 Å². The topological polar surface area (TPSA) is 74.5 Å². The van der Waals surface area contributed by atoms with Gasteiger partial charge >= 0.3 is 0 Å². The van der Waals surface area contributed by atoms with Gasteiger partial charge < -0.3 is 11.1 Å². The number of carbonyl (C=O) groups is 1. The number of rotatable bonds is 5. The Balaban J connectivity index is 1.75. The van der Waals surface area contributed by atoms with Gasteiger partial charge in [0.15, 0.2) is 0 Å². The Labute approximate surface area is 193 Å². The summed E-state index contributed by atoms with van der Waals surface area (Å²) in [5.41, 5.74) is 7.27. The molecule has 1 fully saturated rings. The summed E-state index contributed by atoms with van der Waals surface area (Å²) in [6.07, 6.45) is 0. The van der Waals surface area contributed by atoms with Gasteiger partial charge in [-0.15, -0.1) is 0 Å². The molecule has 2 aromatic carbocycles. The molecule has 0 radical (unpaired) electrons. The van der Waals surface area contributed by atoms with Crippen LogP contribution in [0.2, 0.25) is 15.1 Å². The molecule has 30 heavy (non-hydrogen) atoms. The number of hydrogen-bond acceptors (Lipinski definition) is 7. The van der Waals surface area contributed by atoms with E-state index in [0.717, 1.165) is 31.9 Å². The monoisotopic (exact) mass is 481 g/mol. The molecule has 1 aliphatic heterocycles. The van der Waals surface area contributed by atoms with Crippen LogP contribution in [0.5, 0.6) is 0 Å². The first kappa shape index (κ1) is 21.4. The number of para-hydroxylation sites is 1. The van der Waals surface area contributed by atoms with Crippen LogP contribution in [0.1, 0.15) is 15.2 Å². The van der Waals surface area contributed by atoms with Gasteiger partial charge in [-0.1, -0.05) is 64.3 Å². The molecule has 0 saturated carbocycles. The van der Waals surface area contributed by atoms with Crippen molar-refractivity contribution in [1.82, 2.24) is 15.3 Å². The maximum Gasteiger partial charge on any atom is 0.209 e. The standard InChI is InChI=1S/C20H18Cl3N5OS/c21-12-10-14(22)16(15(23)11-12)17(29)18-19(24)26-20(30-18)28(13-4-2-1-3-5-13)27-8-6-25-7-9-27/h1-5,10-11,25H,6-9,24H2. The lowest BCUT2D eigenvalue weighted by Crippen LogP contribution is -2.50. The van der Waals surface area contributed by atoms with Gasteiger partial charge in [0.25, 0.3) is 0 Å². The van der Waals surface area contributed by atoms with Crippen LogP contribution < -0.4 is 16.1 Å². The average Bonchev–Trinajstić information content (AvgIpc) is 3.10. The minimum atomic E-state index is -0.378. The van der Waals surface area contributed by atoms with Gasteiger partial charge in [0.05, 0.1) is 21.3 Å². The molecule has 0 amide bonds. The second kappa shape index (κ2) is 9.09. The second-order valence-electron chi connectivity index (χ2n) is 6.64. The molecule has 4 rings (SSSR count). The van der Waals surface area contributed by atoms with Crippen molar-refractivity contribution in [3.05, 3.63) is 68.0 Å². The number of benzene rings is 2. The molecule has 3 aromatic rings. The number of halogens is 3. The van der Waals surface area contributed by atoms with Gasteiger partial charge in [0, 0.05) is 31.2 Å². The normalized spacial score (nSPS) is 14.6. The molecule has 156 valence electrons. The Morgan fingerprint density at radius 3 is 2.37 bits per heavy atom. The van der Waals surface area contributed by atoms with E-state index in [1.165, 1.54) is 23.5 Å².